The number of hydrogen-bond donors (Lipinski definition) is 0. The van der Waals surface area contributed by atoms with Crippen LogP contribution in [-0.2, 0) is 0 Å². The van der Waals surface area contributed by atoms with Gasteiger partial charge >= 0.3 is 0 Å². The maximum Gasteiger partial charge on any atom is 0.163 e. The van der Waals surface area contributed by atoms with Crippen LogP contribution < -0.4 is 0 Å². The molecule has 0 saturated heterocycles. The quantitative estimate of drug-likeness (QED) is 0.647. The minimum Gasteiger partial charge on any atom is -0.461 e. The molecule has 0 saturated carbocycles. The summed E-state index contributed by atoms with van der Waals surface area (Å²) in [6.45, 7) is 9.73. The summed E-state index contributed by atoms with van der Waals surface area (Å²) in [5.74, 6) is 1.41. The molecule has 1 aromatic carbocycles. The second kappa shape index (κ2) is 6.13. The van der Waals surface area contributed by atoms with E-state index in [9.17, 15) is 4.79 Å². The third-order valence-electron chi connectivity index (χ3n) is 3.53. The summed E-state index contributed by atoms with van der Waals surface area (Å²) in [4.78, 5) is 11.7. The molecule has 0 spiro atoms. The third-order valence-corrected chi connectivity index (χ3v) is 3.77. The van der Waals surface area contributed by atoms with Crippen LogP contribution in [0.25, 0.3) is 11.6 Å². The molecule has 1 heterocycles. The molecule has 0 aliphatic carbocycles. The first kappa shape index (κ1) is 16.6. The standard InChI is InChI=1S/C19H21ClO2/c1-12(21)16-11-18(22-13(16)2)17(19(3,4)5)10-14-7-6-8-15(20)9-14/h6-11H,1-5H3/b17-10+. The average molecular weight is 317 g/mol. The van der Waals surface area contributed by atoms with E-state index in [1.807, 2.05) is 37.3 Å². The van der Waals surface area contributed by atoms with Gasteiger partial charge in [-0.15, -0.1) is 0 Å². The number of rotatable bonds is 3. The summed E-state index contributed by atoms with van der Waals surface area (Å²) in [5.41, 5.74) is 2.55. The van der Waals surface area contributed by atoms with E-state index < -0.39 is 0 Å². The highest BCUT2D eigenvalue weighted by Crippen LogP contribution is 2.37. The highest BCUT2D eigenvalue weighted by molar-refractivity contribution is 6.30. The zero-order chi connectivity index (χ0) is 16.5. The Morgan fingerprint density at radius 2 is 1.91 bits per heavy atom. The van der Waals surface area contributed by atoms with Gasteiger partial charge in [0, 0.05) is 10.6 Å². The summed E-state index contributed by atoms with van der Waals surface area (Å²) in [6, 6.07) is 9.51. The molecule has 0 aliphatic rings. The number of carbonyl (C=O) groups is 1. The maximum atomic E-state index is 11.7. The van der Waals surface area contributed by atoms with Gasteiger partial charge in [0.25, 0.3) is 0 Å². The highest BCUT2D eigenvalue weighted by atomic mass is 35.5. The van der Waals surface area contributed by atoms with Gasteiger partial charge in [-0.25, -0.2) is 0 Å². The van der Waals surface area contributed by atoms with Crippen molar-refractivity contribution in [1.82, 2.24) is 0 Å². The van der Waals surface area contributed by atoms with Crippen molar-refractivity contribution >= 4 is 29.0 Å². The molecule has 0 N–H and O–H groups in total. The molecule has 0 unspecified atom stereocenters. The summed E-state index contributed by atoms with van der Waals surface area (Å²) < 4.78 is 5.84. The van der Waals surface area contributed by atoms with Gasteiger partial charge in [-0.05, 0) is 49.1 Å². The Labute approximate surface area is 136 Å². The van der Waals surface area contributed by atoms with Crippen LogP contribution in [-0.4, -0.2) is 5.78 Å². The number of carbonyl (C=O) groups excluding carboxylic acids is 1. The zero-order valence-corrected chi connectivity index (χ0v) is 14.4. The molecule has 2 nitrogen and oxygen atoms in total. The van der Waals surface area contributed by atoms with Crippen LogP contribution in [0.4, 0.5) is 0 Å². The molecule has 1 aromatic heterocycles. The van der Waals surface area contributed by atoms with Gasteiger partial charge in [-0.3, -0.25) is 4.79 Å². The van der Waals surface area contributed by atoms with Gasteiger partial charge in [-0.1, -0.05) is 44.5 Å². The molecule has 22 heavy (non-hydrogen) atoms. The number of halogens is 1. The SMILES string of the molecule is CC(=O)c1cc(/C(=C\c2cccc(Cl)c2)C(C)(C)C)oc1C. The van der Waals surface area contributed by atoms with E-state index >= 15 is 0 Å². The van der Waals surface area contributed by atoms with Crippen molar-refractivity contribution < 1.29 is 9.21 Å². The van der Waals surface area contributed by atoms with E-state index in [4.69, 9.17) is 16.0 Å². The molecule has 0 radical (unpaired) electrons. The van der Waals surface area contributed by atoms with Crippen LogP contribution in [0, 0.1) is 12.3 Å². The fraction of sp³-hybridized carbons (Fsp3) is 0.316. The lowest BCUT2D eigenvalue weighted by Gasteiger charge is -2.21. The second-order valence-corrected chi connectivity index (χ2v) is 6.94. The van der Waals surface area contributed by atoms with E-state index in [0.29, 0.717) is 16.3 Å². The van der Waals surface area contributed by atoms with E-state index in [1.165, 1.54) is 0 Å². The number of Topliss-reactive ketones (excluding diaryl/α,β-unsaturated/α-hetero) is 1. The molecule has 0 bridgehead atoms. The lowest BCUT2D eigenvalue weighted by atomic mass is 9.83. The van der Waals surface area contributed by atoms with Crippen LogP contribution in [0.1, 0.15) is 55.1 Å². The largest absolute Gasteiger partial charge is 0.461 e. The molecular weight excluding hydrogens is 296 g/mol. The minimum absolute atomic E-state index is 0.0171. The Balaban J connectivity index is 2.57. The molecule has 0 atom stereocenters. The Kier molecular flexibility index (Phi) is 4.62. The number of hydrogen-bond acceptors (Lipinski definition) is 2. The number of allylic oxidation sites excluding steroid dienone is 1. The van der Waals surface area contributed by atoms with Gasteiger partial charge in [0.1, 0.15) is 11.5 Å². The van der Waals surface area contributed by atoms with E-state index in [0.717, 1.165) is 16.9 Å². The van der Waals surface area contributed by atoms with Gasteiger partial charge in [-0.2, -0.15) is 0 Å². The second-order valence-electron chi connectivity index (χ2n) is 6.50. The molecule has 2 aromatic rings. The third kappa shape index (κ3) is 3.69. The fourth-order valence-electron chi connectivity index (χ4n) is 2.38. The Bertz CT molecular complexity index is 730. The van der Waals surface area contributed by atoms with Crippen LogP contribution in [0.3, 0.4) is 0 Å². The molecular formula is C19H21ClO2. The van der Waals surface area contributed by atoms with Crippen LogP contribution in [0.15, 0.2) is 34.7 Å². The summed E-state index contributed by atoms with van der Waals surface area (Å²) >= 11 is 6.06. The predicted octanol–water partition coefficient (Wildman–Crippen LogP) is 6.03. The van der Waals surface area contributed by atoms with E-state index in [2.05, 4.69) is 26.8 Å². The summed E-state index contributed by atoms with van der Waals surface area (Å²) in [5, 5.41) is 0.696. The lowest BCUT2D eigenvalue weighted by molar-refractivity contribution is 0.101. The van der Waals surface area contributed by atoms with Crippen molar-refractivity contribution in [2.24, 2.45) is 5.41 Å². The van der Waals surface area contributed by atoms with Crippen molar-refractivity contribution in [1.29, 1.82) is 0 Å². The molecule has 0 aliphatic heterocycles. The minimum atomic E-state index is -0.124. The van der Waals surface area contributed by atoms with Crippen LogP contribution in [0.5, 0.6) is 0 Å². The van der Waals surface area contributed by atoms with Gasteiger partial charge in [0.2, 0.25) is 0 Å². The fourth-order valence-corrected chi connectivity index (χ4v) is 2.58. The first-order valence-electron chi connectivity index (χ1n) is 7.28. The number of ketones is 1. The number of aryl methyl sites for hydroxylation is 1. The molecule has 0 fully saturated rings. The van der Waals surface area contributed by atoms with Gasteiger partial charge in [0.05, 0.1) is 5.56 Å². The maximum absolute atomic E-state index is 11.7. The predicted molar refractivity (Wildman–Crippen MR) is 92.2 cm³/mol. The topological polar surface area (TPSA) is 30.2 Å². The Morgan fingerprint density at radius 1 is 1.23 bits per heavy atom. The molecule has 116 valence electrons. The normalized spacial score (nSPS) is 12.5. The Hall–Kier alpha value is -1.80. The lowest BCUT2D eigenvalue weighted by Crippen LogP contribution is -2.07. The molecule has 2 rings (SSSR count). The van der Waals surface area contributed by atoms with E-state index in [1.54, 1.807) is 6.92 Å². The highest BCUT2D eigenvalue weighted by Gasteiger charge is 2.23. The van der Waals surface area contributed by atoms with Crippen LogP contribution >= 0.6 is 11.6 Å². The summed E-state index contributed by atoms with van der Waals surface area (Å²) in [6.07, 6.45) is 2.06. The van der Waals surface area contributed by atoms with Crippen molar-refractivity contribution in [3.05, 3.63) is 58.0 Å². The first-order chi connectivity index (χ1) is 10.2. The average Bonchev–Trinajstić information content (AvgIpc) is 2.76. The van der Waals surface area contributed by atoms with Crippen molar-refractivity contribution in [3.8, 4) is 0 Å². The summed E-state index contributed by atoms with van der Waals surface area (Å²) in [7, 11) is 0. The number of benzene rings is 1. The Morgan fingerprint density at radius 3 is 2.41 bits per heavy atom. The molecule has 3 heteroatoms. The van der Waals surface area contributed by atoms with Crippen LogP contribution in [0.2, 0.25) is 5.02 Å². The van der Waals surface area contributed by atoms with Gasteiger partial charge in [0.15, 0.2) is 5.78 Å². The smallest absolute Gasteiger partial charge is 0.163 e. The van der Waals surface area contributed by atoms with Crippen molar-refractivity contribution in [2.75, 3.05) is 0 Å². The van der Waals surface area contributed by atoms with Gasteiger partial charge < -0.3 is 4.42 Å². The van der Waals surface area contributed by atoms with Crippen molar-refractivity contribution in [2.45, 2.75) is 34.6 Å². The van der Waals surface area contributed by atoms with Crippen molar-refractivity contribution in [3.63, 3.8) is 0 Å². The molecule has 0 amide bonds. The first-order valence-corrected chi connectivity index (χ1v) is 7.66. The van der Waals surface area contributed by atoms with E-state index in [-0.39, 0.29) is 11.2 Å². The number of furan rings is 1. The monoisotopic (exact) mass is 316 g/mol. The zero-order valence-electron chi connectivity index (χ0n) is 13.7.